The number of nitrogens with zero attached hydrogens (tertiary/aromatic N) is 4. The van der Waals surface area contributed by atoms with Gasteiger partial charge >= 0.3 is 0 Å². The maximum atomic E-state index is 13.6. The molecule has 0 N–H and O–H groups in total. The van der Waals surface area contributed by atoms with Crippen LogP contribution in [0.5, 0.6) is 0 Å². The minimum atomic E-state index is -3.74. The van der Waals surface area contributed by atoms with Crippen molar-refractivity contribution in [2.24, 2.45) is 0 Å². The number of hydrogen-bond donors (Lipinski definition) is 0. The number of anilines is 1. The van der Waals surface area contributed by atoms with Crippen LogP contribution in [0.4, 0.5) is 5.13 Å². The van der Waals surface area contributed by atoms with E-state index in [9.17, 15) is 13.2 Å². The van der Waals surface area contributed by atoms with Gasteiger partial charge in [0.05, 0.1) is 15.1 Å². The monoisotopic (exact) mass is 530 g/mol. The summed E-state index contributed by atoms with van der Waals surface area (Å²) < 4.78 is 28.3. The number of carbonyl (C=O) groups is 1. The number of fused-ring (bicyclic) bond motifs is 1. The molecule has 7 nitrogen and oxygen atoms in total. The van der Waals surface area contributed by atoms with Crippen molar-refractivity contribution in [3.05, 3.63) is 73.3 Å². The van der Waals surface area contributed by atoms with Gasteiger partial charge in [-0.25, -0.2) is 13.4 Å². The number of thiazole rings is 1. The van der Waals surface area contributed by atoms with Gasteiger partial charge in [-0.3, -0.25) is 9.69 Å². The molecular weight excluding hydrogens is 501 g/mol. The van der Waals surface area contributed by atoms with Crippen molar-refractivity contribution in [3.63, 3.8) is 0 Å². The lowest BCUT2D eigenvalue weighted by Gasteiger charge is -2.22. The van der Waals surface area contributed by atoms with Gasteiger partial charge in [0.2, 0.25) is 10.0 Å². The van der Waals surface area contributed by atoms with Crippen LogP contribution in [0.1, 0.15) is 10.4 Å². The molecule has 0 aliphatic carbocycles. The van der Waals surface area contributed by atoms with Crippen molar-refractivity contribution < 1.29 is 13.2 Å². The normalized spacial score (nSPS) is 11.8. The van der Waals surface area contributed by atoms with Gasteiger partial charge in [-0.2, -0.15) is 4.31 Å². The Morgan fingerprint density at radius 1 is 1.06 bits per heavy atom. The van der Waals surface area contributed by atoms with E-state index in [1.54, 1.807) is 28.8 Å². The van der Waals surface area contributed by atoms with Crippen molar-refractivity contribution in [1.82, 2.24) is 14.2 Å². The zero-order valence-electron chi connectivity index (χ0n) is 20.2. The van der Waals surface area contributed by atoms with E-state index >= 15 is 0 Å². The van der Waals surface area contributed by atoms with Crippen LogP contribution in [0.15, 0.2) is 77.6 Å². The lowest BCUT2D eigenvalue weighted by Crippen LogP contribution is -2.36. The van der Waals surface area contributed by atoms with Gasteiger partial charge in [-0.05, 0) is 56.7 Å². The quantitative estimate of drug-likeness (QED) is 0.252. The molecule has 10 heteroatoms. The van der Waals surface area contributed by atoms with Gasteiger partial charge in [-0.15, -0.1) is 24.9 Å². The standard InChI is InChI=1S/C25H30N4O3S3/c1-6-15-28(16-7-2)35(31,32)20-13-11-19(12-14-20)24(30)29(18-17-27(3)4)25-26-23-21(33-5)9-8-10-22(23)34-25/h6-14H,1-2,15-18H2,3-5H3. The van der Waals surface area contributed by atoms with Crippen LogP contribution in [-0.4, -0.2) is 75.0 Å². The van der Waals surface area contributed by atoms with Crippen LogP contribution in [0, 0.1) is 0 Å². The van der Waals surface area contributed by atoms with Gasteiger partial charge < -0.3 is 4.90 Å². The zero-order chi connectivity index (χ0) is 25.6. The number of rotatable bonds is 12. The molecule has 0 aliphatic rings. The Morgan fingerprint density at radius 2 is 1.71 bits per heavy atom. The highest BCUT2D eigenvalue weighted by atomic mass is 32.2. The van der Waals surface area contributed by atoms with Gasteiger partial charge in [0.25, 0.3) is 5.91 Å². The van der Waals surface area contributed by atoms with Crippen LogP contribution >= 0.6 is 23.1 Å². The molecule has 3 rings (SSSR count). The van der Waals surface area contributed by atoms with Gasteiger partial charge in [0.1, 0.15) is 0 Å². The molecule has 1 aromatic heterocycles. The predicted octanol–water partition coefficient (Wildman–Crippen LogP) is 4.59. The number of sulfonamides is 1. The van der Waals surface area contributed by atoms with E-state index in [0.717, 1.165) is 15.1 Å². The van der Waals surface area contributed by atoms with E-state index in [0.29, 0.717) is 23.8 Å². The smallest absolute Gasteiger partial charge is 0.260 e. The molecule has 0 fully saturated rings. The van der Waals surface area contributed by atoms with Crippen LogP contribution in [0.25, 0.3) is 10.2 Å². The highest BCUT2D eigenvalue weighted by Gasteiger charge is 2.25. The van der Waals surface area contributed by atoms with E-state index in [4.69, 9.17) is 4.98 Å². The van der Waals surface area contributed by atoms with E-state index in [2.05, 4.69) is 13.2 Å². The Bertz CT molecular complexity index is 1290. The summed E-state index contributed by atoms with van der Waals surface area (Å²) in [7, 11) is 0.158. The third kappa shape index (κ3) is 6.20. The number of benzene rings is 2. The predicted molar refractivity (Wildman–Crippen MR) is 147 cm³/mol. The summed E-state index contributed by atoms with van der Waals surface area (Å²) >= 11 is 3.09. The van der Waals surface area contributed by atoms with Crippen LogP contribution in [-0.2, 0) is 10.0 Å². The van der Waals surface area contributed by atoms with Crippen molar-refractivity contribution >= 4 is 54.4 Å². The number of thioether (sulfide) groups is 1. The average molecular weight is 531 g/mol. The van der Waals surface area contributed by atoms with Crippen molar-refractivity contribution in [1.29, 1.82) is 0 Å². The van der Waals surface area contributed by atoms with Crippen LogP contribution < -0.4 is 4.90 Å². The Kier molecular flexibility index (Phi) is 9.26. The summed E-state index contributed by atoms with van der Waals surface area (Å²) in [6.45, 7) is 8.71. The van der Waals surface area contributed by atoms with Gasteiger partial charge in [-0.1, -0.05) is 29.6 Å². The number of carbonyl (C=O) groups excluding carboxylic acids is 1. The third-order valence-corrected chi connectivity index (χ3v) is 8.90. The number of hydrogen-bond acceptors (Lipinski definition) is 7. The SMILES string of the molecule is C=CCN(CC=C)S(=O)(=O)c1ccc(C(=O)N(CCN(C)C)c2nc3c(SC)cccc3s2)cc1. The maximum absolute atomic E-state index is 13.6. The van der Waals surface area contributed by atoms with Crippen molar-refractivity contribution in [2.45, 2.75) is 9.79 Å². The molecular formula is C25H30N4O3S3. The molecule has 0 spiro atoms. The molecule has 1 amide bonds. The first-order chi connectivity index (χ1) is 16.7. The number of aromatic nitrogens is 1. The topological polar surface area (TPSA) is 73.8 Å². The Morgan fingerprint density at radius 3 is 2.29 bits per heavy atom. The molecule has 0 unspecified atom stereocenters. The Balaban J connectivity index is 1.95. The number of amides is 1. The summed E-state index contributed by atoms with van der Waals surface area (Å²) in [5.74, 6) is -0.227. The van der Waals surface area contributed by atoms with Crippen LogP contribution in [0.2, 0.25) is 0 Å². The second kappa shape index (κ2) is 12.0. The highest BCUT2D eigenvalue weighted by Crippen LogP contribution is 2.34. The molecule has 186 valence electrons. The summed E-state index contributed by atoms with van der Waals surface area (Å²) in [5.41, 5.74) is 1.28. The first-order valence-electron chi connectivity index (χ1n) is 10.9. The molecule has 0 radical (unpaired) electrons. The molecule has 35 heavy (non-hydrogen) atoms. The molecule has 0 aliphatic heterocycles. The third-order valence-electron chi connectivity index (χ3n) is 5.24. The fourth-order valence-corrected chi connectivity index (χ4v) is 6.44. The molecule has 0 bridgehead atoms. The van der Waals surface area contributed by atoms with Crippen molar-refractivity contribution in [3.8, 4) is 0 Å². The van der Waals surface area contributed by atoms with E-state index in [-0.39, 0.29) is 23.9 Å². The summed E-state index contributed by atoms with van der Waals surface area (Å²) in [4.78, 5) is 23.2. The molecule has 2 aromatic carbocycles. The molecule has 0 saturated carbocycles. The zero-order valence-corrected chi connectivity index (χ0v) is 22.6. The summed E-state index contributed by atoms with van der Waals surface area (Å²) in [6.07, 6.45) is 5.06. The lowest BCUT2D eigenvalue weighted by molar-refractivity contribution is 0.0985. The highest BCUT2D eigenvalue weighted by molar-refractivity contribution is 7.98. The van der Waals surface area contributed by atoms with E-state index in [1.807, 2.05) is 43.5 Å². The first kappa shape index (κ1) is 27.1. The lowest BCUT2D eigenvalue weighted by atomic mass is 10.2. The average Bonchev–Trinajstić information content (AvgIpc) is 3.28. The molecule has 0 atom stereocenters. The second-order valence-corrected chi connectivity index (χ2v) is 11.8. The van der Waals surface area contributed by atoms with Crippen molar-refractivity contribution in [2.75, 3.05) is 51.4 Å². The minimum absolute atomic E-state index is 0.113. The van der Waals surface area contributed by atoms with Gasteiger partial charge in [0, 0.05) is 36.6 Å². The van der Waals surface area contributed by atoms with Crippen LogP contribution in [0.3, 0.4) is 0 Å². The summed E-state index contributed by atoms with van der Waals surface area (Å²) in [5, 5.41) is 0.619. The fraction of sp³-hybridized carbons (Fsp3) is 0.280. The van der Waals surface area contributed by atoms with Gasteiger partial charge in [0.15, 0.2) is 5.13 Å². The fourth-order valence-electron chi connectivity index (χ4n) is 3.41. The maximum Gasteiger partial charge on any atom is 0.260 e. The molecule has 0 saturated heterocycles. The van der Waals surface area contributed by atoms with E-state index < -0.39 is 10.0 Å². The number of para-hydroxylation sites is 1. The largest absolute Gasteiger partial charge is 0.308 e. The molecule has 3 aromatic rings. The second-order valence-electron chi connectivity index (χ2n) is 7.99. The summed E-state index contributed by atoms with van der Waals surface area (Å²) in [6, 6.07) is 12.1. The number of likely N-dealkylation sites (N-methyl/N-ethyl adjacent to an activating group) is 1. The first-order valence-corrected chi connectivity index (χ1v) is 14.4. The molecule has 1 heterocycles. The van der Waals surface area contributed by atoms with E-state index in [1.165, 1.54) is 39.9 Å². The Hall–Kier alpha value is -2.50. The minimum Gasteiger partial charge on any atom is -0.308 e. The Labute approximate surface area is 215 Å².